The van der Waals surface area contributed by atoms with Crippen LogP contribution in [0.3, 0.4) is 0 Å². The molecule has 0 saturated carbocycles. The molecule has 0 aliphatic heterocycles. The van der Waals surface area contributed by atoms with Crippen LogP contribution in [0.1, 0.15) is 12.5 Å². The van der Waals surface area contributed by atoms with Crippen LogP contribution >= 0.6 is 0 Å². The number of benzene rings is 1. The van der Waals surface area contributed by atoms with E-state index in [-0.39, 0.29) is 4.90 Å². The Hall–Kier alpha value is -1.92. The molecule has 5 nitrogen and oxygen atoms in total. The first-order chi connectivity index (χ1) is 9.32. The van der Waals surface area contributed by atoms with Gasteiger partial charge in [0.1, 0.15) is 16.7 Å². The standard InChI is InChI=1S/C7H11N2.C7H8O3S/c1-2-9-5-3-4-7(8)6-9;1-6-2-4-7(5-3-6)11(8,9)10/h3-6H,2,8H2,1H3;2-5H,1H3,(H,8,9,10)/q+1;/p-1. The van der Waals surface area contributed by atoms with Crippen molar-refractivity contribution < 1.29 is 17.5 Å². The van der Waals surface area contributed by atoms with Crippen LogP contribution in [0, 0.1) is 6.92 Å². The Balaban J connectivity index is 0.000000204. The Morgan fingerprint density at radius 1 is 1.20 bits per heavy atom. The topological polar surface area (TPSA) is 87.1 Å². The summed E-state index contributed by atoms with van der Waals surface area (Å²) in [4.78, 5) is -0.178. The molecule has 0 saturated heterocycles. The number of aromatic nitrogens is 1. The molecule has 2 rings (SSSR count). The molecule has 2 aromatic rings. The molecular formula is C14H18N2O3S. The van der Waals surface area contributed by atoms with Gasteiger partial charge in [0, 0.05) is 6.07 Å². The maximum atomic E-state index is 10.4. The maximum absolute atomic E-state index is 10.4. The van der Waals surface area contributed by atoms with Crippen LogP contribution in [0.5, 0.6) is 0 Å². The SMILES string of the molecule is CC[n+]1cccc(N)c1.Cc1ccc(S(=O)(=O)[O-])cc1. The molecule has 0 aliphatic rings. The second-order valence-electron chi connectivity index (χ2n) is 4.23. The summed E-state index contributed by atoms with van der Waals surface area (Å²) in [5.74, 6) is 0. The van der Waals surface area contributed by atoms with Crippen LogP contribution in [-0.4, -0.2) is 13.0 Å². The molecule has 0 fully saturated rings. The summed E-state index contributed by atoms with van der Waals surface area (Å²) in [6, 6.07) is 9.61. The summed E-state index contributed by atoms with van der Waals surface area (Å²) >= 11 is 0. The molecule has 0 aliphatic carbocycles. The summed E-state index contributed by atoms with van der Waals surface area (Å²) < 4.78 is 33.2. The highest BCUT2D eigenvalue weighted by Crippen LogP contribution is 2.08. The number of aryl methyl sites for hydroxylation is 2. The molecule has 108 valence electrons. The van der Waals surface area contributed by atoms with Crippen molar-refractivity contribution in [3.63, 3.8) is 0 Å². The third-order valence-electron chi connectivity index (χ3n) is 2.56. The average Bonchev–Trinajstić information content (AvgIpc) is 2.39. The van der Waals surface area contributed by atoms with E-state index in [0.717, 1.165) is 17.8 Å². The third kappa shape index (κ3) is 5.38. The van der Waals surface area contributed by atoms with E-state index in [4.69, 9.17) is 5.73 Å². The van der Waals surface area contributed by atoms with E-state index in [2.05, 4.69) is 6.92 Å². The van der Waals surface area contributed by atoms with Crippen LogP contribution in [0.25, 0.3) is 0 Å². The molecule has 1 aromatic carbocycles. The zero-order valence-corrected chi connectivity index (χ0v) is 12.3. The summed E-state index contributed by atoms with van der Waals surface area (Å²) in [6.07, 6.45) is 3.91. The largest absolute Gasteiger partial charge is 0.744 e. The number of hydrogen-bond acceptors (Lipinski definition) is 4. The first-order valence-electron chi connectivity index (χ1n) is 6.10. The smallest absolute Gasteiger partial charge is 0.191 e. The first kappa shape index (κ1) is 16.1. The minimum Gasteiger partial charge on any atom is -0.744 e. The summed E-state index contributed by atoms with van der Waals surface area (Å²) in [5, 5.41) is 0. The van der Waals surface area contributed by atoms with Gasteiger partial charge in [-0.25, -0.2) is 13.0 Å². The molecule has 20 heavy (non-hydrogen) atoms. The number of nitrogens with zero attached hydrogens (tertiary/aromatic N) is 1. The number of anilines is 1. The number of hydrogen-bond donors (Lipinski definition) is 1. The molecule has 0 atom stereocenters. The van der Waals surface area contributed by atoms with E-state index >= 15 is 0 Å². The summed E-state index contributed by atoms with van der Waals surface area (Å²) in [7, 11) is -4.27. The zero-order valence-electron chi connectivity index (χ0n) is 11.5. The summed E-state index contributed by atoms with van der Waals surface area (Å²) in [6.45, 7) is 4.88. The molecule has 0 unspecified atom stereocenters. The lowest BCUT2D eigenvalue weighted by molar-refractivity contribution is -0.692. The monoisotopic (exact) mass is 294 g/mol. The lowest BCUT2D eigenvalue weighted by Gasteiger charge is -2.05. The predicted octanol–water partition coefficient (Wildman–Crippen LogP) is 1.48. The average molecular weight is 294 g/mol. The normalized spacial score (nSPS) is 10.6. The molecule has 0 amide bonds. The van der Waals surface area contributed by atoms with Crippen molar-refractivity contribution in [2.24, 2.45) is 0 Å². The van der Waals surface area contributed by atoms with Gasteiger partial charge in [-0.15, -0.1) is 0 Å². The van der Waals surface area contributed by atoms with Gasteiger partial charge in [-0.3, -0.25) is 0 Å². The van der Waals surface area contributed by atoms with Crippen molar-refractivity contribution in [2.75, 3.05) is 5.73 Å². The fraction of sp³-hybridized carbons (Fsp3) is 0.214. The molecule has 2 N–H and O–H groups in total. The lowest BCUT2D eigenvalue weighted by Crippen LogP contribution is -2.31. The van der Waals surface area contributed by atoms with Gasteiger partial charge in [0.2, 0.25) is 0 Å². The molecular weight excluding hydrogens is 276 g/mol. The Labute approximate surface area is 119 Å². The van der Waals surface area contributed by atoms with E-state index in [1.807, 2.05) is 36.0 Å². The van der Waals surface area contributed by atoms with E-state index in [1.54, 1.807) is 12.1 Å². The van der Waals surface area contributed by atoms with Crippen LogP contribution in [0.4, 0.5) is 5.69 Å². The van der Waals surface area contributed by atoms with Gasteiger partial charge in [-0.2, -0.15) is 0 Å². The van der Waals surface area contributed by atoms with Crippen LogP contribution in [0.15, 0.2) is 53.7 Å². The lowest BCUT2D eigenvalue weighted by atomic mass is 10.2. The van der Waals surface area contributed by atoms with Gasteiger partial charge >= 0.3 is 0 Å². The second-order valence-corrected chi connectivity index (χ2v) is 5.61. The highest BCUT2D eigenvalue weighted by molar-refractivity contribution is 7.85. The number of nitrogens with two attached hydrogens (primary N) is 1. The Kier molecular flexibility index (Phi) is 5.66. The second kappa shape index (κ2) is 7.02. The zero-order chi connectivity index (χ0) is 15.2. The van der Waals surface area contributed by atoms with Crippen LogP contribution < -0.4 is 10.3 Å². The summed E-state index contributed by atoms with van der Waals surface area (Å²) in [5.41, 5.74) is 7.26. The molecule has 0 radical (unpaired) electrons. The fourth-order valence-electron chi connectivity index (χ4n) is 1.44. The third-order valence-corrected chi connectivity index (χ3v) is 3.41. The molecule has 0 bridgehead atoms. The van der Waals surface area contributed by atoms with Gasteiger partial charge in [0.05, 0.1) is 10.6 Å². The number of rotatable bonds is 2. The minimum atomic E-state index is -4.27. The molecule has 1 aromatic heterocycles. The van der Waals surface area contributed by atoms with Gasteiger partial charge < -0.3 is 10.3 Å². The van der Waals surface area contributed by atoms with Gasteiger partial charge in [-0.05, 0) is 32.0 Å². The molecule has 6 heteroatoms. The maximum Gasteiger partial charge on any atom is 0.191 e. The highest BCUT2D eigenvalue weighted by Gasteiger charge is 1.97. The Bertz CT molecular complexity index is 652. The van der Waals surface area contributed by atoms with Crippen molar-refractivity contribution in [3.05, 3.63) is 54.4 Å². The molecule has 1 heterocycles. The van der Waals surface area contributed by atoms with Gasteiger partial charge in [0.15, 0.2) is 12.4 Å². The van der Waals surface area contributed by atoms with Crippen molar-refractivity contribution in [3.8, 4) is 0 Å². The van der Waals surface area contributed by atoms with Crippen molar-refractivity contribution in [1.82, 2.24) is 0 Å². The Morgan fingerprint density at radius 2 is 1.80 bits per heavy atom. The number of nitrogen functional groups attached to an aromatic ring is 1. The van der Waals surface area contributed by atoms with E-state index in [9.17, 15) is 13.0 Å². The highest BCUT2D eigenvalue weighted by atomic mass is 32.2. The fourth-order valence-corrected chi connectivity index (χ4v) is 1.91. The van der Waals surface area contributed by atoms with Crippen molar-refractivity contribution in [1.29, 1.82) is 0 Å². The van der Waals surface area contributed by atoms with E-state index in [1.165, 1.54) is 12.1 Å². The van der Waals surface area contributed by atoms with E-state index in [0.29, 0.717) is 0 Å². The Morgan fingerprint density at radius 3 is 2.20 bits per heavy atom. The molecule has 0 spiro atoms. The predicted molar refractivity (Wildman–Crippen MR) is 75.9 cm³/mol. The van der Waals surface area contributed by atoms with Crippen LogP contribution in [0.2, 0.25) is 0 Å². The van der Waals surface area contributed by atoms with Gasteiger partial charge in [0.25, 0.3) is 0 Å². The minimum absolute atomic E-state index is 0.178. The van der Waals surface area contributed by atoms with Gasteiger partial charge in [-0.1, -0.05) is 17.7 Å². The van der Waals surface area contributed by atoms with Crippen molar-refractivity contribution >= 4 is 15.8 Å². The van der Waals surface area contributed by atoms with E-state index < -0.39 is 10.1 Å². The first-order valence-corrected chi connectivity index (χ1v) is 7.51. The number of pyridine rings is 1. The van der Waals surface area contributed by atoms with Crippen LogP contribution in [-0.2, 0) is 16.7 Å². The quantitative estimate of drug-likeness (QED) is 0.671. The van der Waals surface area contributed by atoms with Crippen molar-refractivity contribution in [2.45, 2.75) is 25.3 Å².